The highest BCUT2D eigenvalue weighted by Crippen LogP contribution is 2.34. The summed E-state index contributed by atoms with van der Waals surface area (Å²) in [6.45, 7) is 7.93. The number of benzene rings is 2. The number of hydrogen-bond acceptors (Lipinski definition) is 9. The van der Waals surface area contributed by atoms with Gasteiger partial charge in [-0.2, -0.15) is 5.10 Å². The highest BCUT2D eigenvalue weighted by Gasteiger charge is 2.25. The topological polar surface area (TPSA) is 122 Å². The second-order valence-corrected chi connectivity index (χ2v) is 14.0. The zero-order chi connectivity index (χ0) is 33.4. The first-order chi connectivity index (χ1) is 23.1. The summed E-state index contributed by atoms with van der Waals surface area (Å²) in [5.41, 5.74) is 4.56. The molecule has 0 amide bonds. The first-order valence-electron chi connectivity index (χ1n) is 15.7. The SMILES string of the molecule is Cc1ccc(S(=O)(=O)n2cc(-c3cnn(Cc4cccc(F)c4)c3)c3cc(-c4cnc(N5CCN(C[C@H](C)O)CC5)cn4)cnc32)cc1. The van der Waals surface area contributed by atoms with E-state index in [1.807, 2.05) is 25.3 Å². The Morgan fingerprint density at radius 2 is 1.69 bits per heavy atom. The van der Waals surface area contributed by atoms with Crippen LogP contribution < -0.4 is 4.90 Å². The Morgan fingerprint density at radius 1 is 0.896 bits per heavy atom. The first kappa shape index (κ1) is 31.6. The minimum Gasteiger partial charge on any atom is -0.392 e. The van der Waals surface area contributed by atoms with Gasteiger partial charge < -0.3 is 10.0 Å². The fourth-order valence-electron chi connectivity index (χ4n) is 6.03. The molecule has 13 heteroatoms. The molecule has 5 heterocycles. The molecule has 1 aliphatic heterocycles. The molecule has 0 aliphatic carbocycles. The number of aromatic nitrogens is 6. The van der Waals surface area contributed by atoms with E-state index in [9.17, 15) is 17.9 Å². The second-order valence-electron chi connectivity index (χ2n) is 12.2. The van der Waals surface area contributed by atoms with Crippen LogP contribution in [0.4, 0.5) is 10.2 Å². The zero-order valence-electron chi connectivity index (χ0n) is 26.6. The molecule has 1 atom stereocenters. The quantitative estimate of drug-likeness (QED) is 0.236. The number of fused-ring (bicyclic) bond motifs is 1. The Labute approximate surface area is 278 Å². The molecular formula is C35H35FN8O3S. The number of pyridine rings is 1. The number of β-amino-alcohol motifs (C(OH)–C–C–N with tert-alkyl or cyclic N) is 1. The van der Waals surface area contributed by atoms with Crippen LogP contribution in [-0.4, -0.2) is 86.0 Å². The normalized spacial score (nSPS) is 14.9. The van der Waals surface area contributed by atoms with Crippen LogP contribution in [0, 0.1) is 12.7 Å². The monoisotopic (exact) mass is 666 g/mol. The molecule has 1 aliphatic rings. The molecule has 1 fully saturated rings. The smallest absolute Gasteiger partial charge is 0.269 e. The van der Waals surface area contributed by atoms with Gasteiger partial charge in [-0.3, -0.25) is 14.6 Å². The Morgan fingerprint density at radius 3 is 2.40 bits per heavy atom. The van der Waals surface area contributed by atoms with Crippen molar-refractivity contribution in [2.75, 3.05) is 37.6 Å². The summed E-state index contributed by atoms with van der Waals surface area (Å²) in [5, 5.41) is 14.8. The van der Waals surface area contributed by atoms with Gasteiger partial charge in [0, 0.05) is 73.4 Å². The second kappa shape index (κ2) is 12.9. The molecule has 0 saturated carbocycles. The van der Waals surface area contributed by atoms with Crippen molar-refractivity contribution < 1.29 is 17.9 Å². The number of hydrogen-bond donors (Lipinski definition) is 1. The predicted octanol–water partition coefficient (Wildman–Crippen LogP) is 4.59. The largest absolute Gasteiger partial charge is 0.392 e. The minimum absolute atomic E-state index is 0.150. The lowest BCUT2D eigenvalue weighted by Gasteiger charge is -2.35. The van der Waals surface area contributed by atoms with Crippen LogP contribution in [0.25, 0.3) is 33.4 Å². The van der Waals surface area contributed by atoms with E-state index in [1.165, 1.54) is 16.1 Å². The molecule has 2 aromatic carbocycles. The molecular weight excluding hydrogens is 632 g/mol. The molecule has 1 N–H and O–H groups in total. The molecule has 0 radical (unpaired) electrons. The maximum absolute atomic E-state index is 13.9. The molecule has 246 valence electrons. The fourth-order valence-corrected chi connectivity index (χ4v) is 7.36. The van der Waals surface area contributed by atoms with Gasteiger partial charge >= 0.3 is 0 Å². The third-order valence-corrected chi connectivity index (χ3v) is 10.2. The van der Waals surface area contributed by atoms with E-state index in [4.69, 9.17) is 9.97 Å². The van der Waals surface area contributed by atoms with Crippen molar-refractivity contribution in [1.29, 1.82) is 0 Å². The zero-order valence-corrected chi connectivity index (χ0v) is 27.4. The van der Waals surface area contributed by atoms with E-state index >= 15 is 0 Å². The van der Waals surface area contributed by atoms with Crippen LogP contribution in [-0.2, 0) is 16.6 Å². The van der Waals surface area contributed by atoms with Gasteiger partial charge in [-0.1, -0.05) is 29.8 Å². The van der Waals surface area contributed by atoms with E-state index in [0.29, 0.717) is 40.9 Å². The Hall–Kier alpha value is -4.98. The lowest BCUT2D eigenvalue weighted by atomic mass is 10.1. The molecule has 0 unspecified atom stereocenters. The maximum atomic E-state index is 13.9. The summed E-state index contributed by atoms with van der Waals surface area (Å²) in [7, 11) is -3.99. The molecule has 7 rings (SSSR count). The minimum atomic E-state index is -3.99. The maximum Gasteiger partial charge on any atom is 0.269 e. The van der Waals surface area contributed by atoms with Crippen molar-refractivity contribution in [3.05, 3.63) is 109 Å². The van der Waals surface area contributed by atoms with Gasteiger partial charge in [-0.15, -0.1) is 0 Å². The van der Waals surface area contributed by atoms with E-state index in [0.717, 1.165) is 43.1 Å². The van der Waals surface area contributed by atoms with Crippen molar-refractivity contribution in [3.63, 3.8) is 0 Å². The van der Waals surface area contributed by atoms with E-state index in [1.54, 1.807) is 72.9 Å². The lowest BCUT2D eigenvalue weighted by molar-refractivity contribution is 0.122. The van der Waals surface area contributed by atoms with Crippen LogP contribution in [0.2, 0.25) is 0 Å². The molecule has 0 spiro atoms. The molecule has 0 bridgehead atoms. The van der Waals surface area contributed by atoms with Gasteiger partial charge in [0.25, 0.3) is 10.0 Å². The Bertz CT molecular complexity index is 2170. The lowest BCUT2D eigenvalue weighted by Crippen LogP contribution is -2.48. The van der Waals surface area contributed by atoms with Crippen molar-refractivity contribution >= 4 is 26.9 Å². The first-order valence-corrected chi connectivity index (χ1v) is 17.2. The number of aliphatic hydroxyl groups is 1. The van der Waals surface area contributed by atoms with Crippen LogP contribution >= 0.6 is 0 Å². The molecule has 6 aromatic rings. The van der Waals surface area contributed by atoms with Crippen molar-refractivity contribution in [3.8, 4) is 22.4 Å². The van der Waals surface area contributed by atoms with Crippen molar-refractivity contribution in [2.45, 2.75) is 31.4 Å². The third-order valence-electron chi connectivity index (χ3n) is 8.52. The van der Waals surface area contributed by atoms with Gasteiger partial charge in [-0.25, -0.2) is 26.7 Å². The summed E-state index contributed by atoms with van der Waals surface area (Å²) < 4.78 is 44.6. The van der Waals surface area contributed by atoms with E-state index < -0.39 is 10.0 Å². The molecule has 11 nitrogen and oxygen atoms in total. The van der Waals surface area contributed by atoms with Crippen LogP contribution in [0.3, 0.4) is 0 Å². The van der Waals surface area contributed by atoms with Gasteiger partial charge in [-0.05, 0) is 49.7 Å². The van der Waals surface area contributed by atoms with Gasteiger partial charge in [0.15, 0.2) is 5.65 Å². The predicted molar refractivity (Wildman–Crippen MR) is 182 cm³/mol. The fraction of sp³-hybridized carbons (Fsp3) is 0.257. The number of aryl methyl sites for hydroxylation is 1. The molecule has 4 aromatic heterocycles. The third kappa shape index (κ3) is 6.44. The molecule has 48 heavy (non-hydrogen) atoms. The highest BCUT2D eigenvalue weighted by molar-refractivity contribution is 7.90. The summed E-state index contributed by atoms with van der Waals surface area (Å²) >= 11 is 0. The number of anilines is 1. The van der Waals surface area contributed by atoms with Crippen LogP contribution in [0.15, 0.2) is 96.7 Å². The Balaban J connectivity index is 1.24. The average molecular weight is 667 g/mol. The number of piperazine rings is 1. The van der Waals surface area contributed by atoms with Gasteiger partial charge in [0.1, 0.15) is 11.6 Å². The summed E-state index contributed by atoms with van der Waals surface area (Å²) in [4.78, 5) is 18.6. The number of halogens is 1. The van der Waals surface area contributed by atoms with Crippen LogP contribution in [0.1, 0.15) is 18.1 Å². The van der Waals surface area contributed by atoms with Gasteiger partial charge in [0.05, 0.1) is 41.8 Å². The van der Waals surface area contributed by atoms with Crippen LogP contribution in [0.5, 0.6) is 0 Å². The van der Waals surface area contributed by atoms with Crippen molar-refractivity contribution in [2.24, 2.45) is 0 Å². The number of aliphatic hydroxyl groups excluding tert-OH is 1. The highest BCUT2D eigenvalue weighted by atomic mass is 32.2. The van der Waals surface area contributed by atoms with E-state index in [-0.39, 0.29) is 22.5 Å². The van der Waals surface area contributed by atoms with Gasteiger partial charge in [0.2, 0.25) is 0 Å². The van der Waals surface area contributed by atoms with Crippen molar-refractivity contribution in [1.82, 2.24) is 33.6 Å². The average Bonchev–Trinajstić information content (AvgIpc) is 3.70. The molecule has 1 saturated heterocycles. The summed E-state index contributed by atoms with van der Waals surface area (Å²) in [5.74, 6) is 0.445. The summed E-state index contributed by atoms with van der Waals surface area (Å²) in [6, 6.07) is 14.9. The number of rotatable bonds is 9. The Kier molecular flexibility index (Phi) is 8.50. The number of nitrogens with zero attached hydrogens (tertiary/aromatic N) is 8. The summed E-state index contributed by atoms with van der Waals surface area (Å²) in [6.07, 6.45) is 9.75. The van der Waals surface area contributed by atoms with E-state index in [2.05, 4.69) is 19.9 Å². The standard InChI is InChI=1S/C35H35FN8O3S/c1-24-6-8-30(9-7-24)48(46,47)44-23-32(28-17-40-43(22-28)21-26-4-3-5-29(36)14-26)31-15-27(16-39-35(31)44)33-18-38-34(19-37-33)42-12-10-41(11-13-42)20-25(2)45/h3-9,14-19,22-23,25,45H,10-13,20-21H2,1-2H3/t25-/m0/s1.